The average molecular weight is 215 g/mol. The number of isocyanates is 1. The first-order chi connectivity index (χ1) is 7.84. The van der Waals surface area contributed by atoms with Crippen LogP contribution in [0.1, 0.15) is 29.9 Å². The highest BCUT2D eigenvalue weighted by molar-refractivity contribution is 5.42. The van der Waals surface area contributed by atoms with E-state index < -0.39 is 0 Å². The molecule has 0 amide bonds. The molecule has 2 aliphatic rings. The molecular formula is C13H13NO2. The normalized spacial score (nSPS) is 22.0. The predicted octanol–water partition coefficient (Wildman–Crippen LogP) is 2.13. The predicted molar refractivity (Wildman–Crippen MR) is 59.0 cm³/mol. The van der Waals surface area contributed by atoms with Crippen LogP contribution in [0.25, 0.3) is 0 Å². The monoisotopic (exact) mass is 215 g/mol. The van der Waals surface area contributed by atoms with Crippen molar-refractivity contribution in [3.05, 3.63) is 35.4 Å². The molecule has 1 aliphatic carbocycles. The summed E-state index contributed by atoms with van der Waals surface area (Å²) in [5, 5.41) is 0. The van der Waals surface area contributed by atoms with E-state index in [1.807, 2.05) is 6.07 Å². The number of aliphatic imine (C=N–C) groups is 1. The summed E-state index contributed by atoms with van der Waals surface area (Å²) in [4.78, 5) is 14.4. The molecule has 0 bridgehead atoms. The van der Waals surface area contributed by atoms with Gasteiger partial charge in [0.25, 0.3) is 0 Å². The summed E-state index contributed by atoms with van der Waals surface area (Å²) in [7, 11) is 0. The summed E-state index contributed by atoms with van der Waals surface area (Å²) in [6.45, 7) is 1.63. The van der Waals surface area contributed by atoms with Crippen molar-refractivity contribution in [3.63, 3.8) is 0 Å². The van der Waals surface area contributed by atoms with E-state index in [-0.39, 0.29) is 5.54 Å². The van der Waals surface area contributed by atoms with Crippen LogP contribution in [-0.2, 0) is 15.1 Å². The van der Waals surface area contributed by atoms with E-state index in [0.29, 0.717) is 5.92 Å². The molecule has 1 aromatic carbocycles. The molecule has 1 heterocycles. The van der Waals surface area contributed by atoms with Crippen molar-refractivity contribution in [1.82, 2.24) is 0 Å². The fourth-order valence-corrected chi connectivity index (χ4v) is 2.18. The van der Waals surface area contributed by atoms with Crippen molar-refractivity contribution in [2.45, 2.75) is 24.3 Å². The zero-order valence-corrected chi connectivity index (χ0v) is 8.98. The highest BCUT2D eigenvalue weighted by atomic mass is 16.5. The van der Waals surface area contributed by atoms with Crippen LogP contribution in [0.4, 0.5) is 0 Å². The van der Waals surface area contributed by atoms with Crippen LogP contribution in [0.15, 0.2) is 29.3 Å². The molecule has 1 saturated carbocycles. The SMILES string of the molecule is O=C=NC1(c2cccc(C3COC3)c2)CC1. The zero-order chi connectivity index (χ0) is 11.0. The fourth-order valence-electron chi connectivity index (χ4n) is 2.18. The summed E-state index contributed by atoms with van der Waals surface area (Å²) in [5.41, 5.74) is 2.21. The number of ether oxygens (including phenoxy) is 1. The molecule has 1 aliphatic heterocycles. The van der Waals surface area contributed by atoms with Crippen LogP contribution in [0.2, 0.25) is 0 Å². The zero-order valence-electron chi connectivity index (χ0n) is 8.98. The van der Waals surface area contributed by atoms with E-state index >= 15 is 0 Å². The Morgan fingerprint density at radius 1 is 1.38 bits per heavy atom. The average Bonchev–Trinajstić information content (AvgIpc) is 2.97. The molecule has 3 nitrogen and oxygen atoms in total. The van der Waals surface area contributed by atoms with Crippen molar-refractivity contribution in [2.75, 3.05) is 13.2 Å². The van der Waals surface area contributed by atoms with E-state index in [9.17, 15) is 4.79 Å². The maximum Gasteiger partial charge on any atom is 0.235 e. The molecule has 2 fully saturated rings. The van der Waals surface area contributed by atoms with Gasteiger partial charge in [-0.1, -0.05) is 24.3 Å². The summed E-state index contributed by atoms with van der Waals surface area (Å²) in [5.74, 6) is 0.524. The molecule has 0 aromatic heterocycles. The first kappa shape index (κ1) is 9.76. The summed E-state index contributed by atoms with van der Waals surface area (Å²) in [6, 6.07) is 8.39. The largest absolute Gasteiger partial charge is 0.380 e. The van der Waals surface area contributed by atoms with Gasteiger partial charge in [0.1, 0.15) is 0 Å². The Morgan fingerprint density at radius 2 is 2.19 bits per heavy atom. The molecule has 3 rings (SSSR count). The molecule has 16 heavy (non-hydrogen) atoms. The van der Waals surface area contributed by atoms with Crippen molar-refractivity contribution in [1.29, 1.82) is 0 Å². The smallest absolute Gasteiger partial charge is 0.235 e. The Balaban J connectivity index is 1.92. The molecular weight excluding hydrogens is 202 g/mol. The second kappa shape index (κ2) is 3.55. The van der Waals surface area contributed by atoms with Crippen LogP contribution >= 0.6 is 0 Å². The molecule has 0 atom stereocenters. The second-order valence-electron chi connectivity index (χ2n) is 4.59. The lowest BCUT2D eigenvalue weighted by atomic mass is 9.93. The highest BCUT2D eigenvalue weighted by Gasteiger charge is 2.45. The summed E-state index contributed by atoms with van der Waals surface area (Å²) >= 11 is 0. The second-order valence-corrected chi connectivity index (χ2v) is 4.59. The van der Waals surface area contributed by atoms with Gasteiger partial charge in [-0.2, -0.15) is 4.99 Å². The summed E-state index contributed by atoms with van der Waals surface area (Å²) < 4.78 is 5.19. The van der Waals surface area contributed by atoms with Crippen molar-refractivity contribution >= 4 is 6.08 Å². The van der Waals surface area contributed by atoms with Crippen LogP contribution in [0.3, 0.4) is 0 Å². The molecule has 0 radical (unpaired) electrons. The van der Waals surface area contributed by atoms with Gasteiger partial charge in [-0.05, 0) is 24.0 Å². The first-order valence-corrected chi connectivity index (χ1v) is 5.61. The lowest BCUT2D eigenvalue weighted by molar-refractivity contribution is 0.00838. The molecule has 3 heteroatoms. The number of carbonyl (C=O) groups excluding carboxylic acids is 1. The van der Waals surface area contributed by atoms with E-state index in [4.69, 9.17) is 4.74 Å². The van der Waals surface area contributed by atoms with Gasteiger partial charge in [0, 0.05) is 5.92 Å². The third-order valence-corrected chi connectivity index (χ3v) is 3.52. The van der Waals surface area contributed by atoms with Crippen molar-refractivity contribution in [3.8, 4) is 0 Å². The first-order valence-electron chi connectivity index (χ1n) is 5.61. The third-order valence-electron chi connectivity index (χ3n) is 3.52. The van der Waals surface area contributed by atoms with Gasteiger partial charge >= 0.3 is 0 Å². The van der Waals surface area contributed by atoms with Gasteiger partial charge in [-0.25, -0.2) is 4.79 Å². The van der Waals surface area contributed by atoms with Gasteiger partial charge < -0.3 is 4.74 Å². The Labute approximate surface area is 94.1 Å². The number of rotatable bonds is 3. The van der Waals surface area contributed by atoms with Gasteiger partial charge in [-0.3, -0.25) is 0 Å². The molecule has 0 unspecified atom stereocenters. The highest BCUT2D eigenvalue weighted by Crippen LogP contribution is 2.49. The maximum absolute atomic E-state index is 10.4. The van der Waals surface area contributed by atoms with Crippen LogP contribution in [-0.4, -0.2) is 19.3 Å². The lowest BCUT2D eigenvalue weighted by Gasteiger charge is -2.27. The van der Waals surface area contributed by atoms with E-state index in [1.54, 1.807) is 6.08 Å². The Hall–Kier alpha value is -1.44. The molecule has 0 N–H and O–H groups in total. The standard InChI is InChI=1S/C13H13NO2/c15-9-14-13(4-5-13)12-3-1-2-10(6-12)11-7-16-8-11/h1-3,6,11H,4-5,7-8H2. The van der Waals surface area contributed by atoms with Crippen LogP contribution < -0.4 is 0 Å². The van der Waals surface area contributed by atoms with Gasteiger partial charge in [-0.15, -0.1) is 0 Å². The van der Waals surface area contributed by atoms with Crippen LogP contribution in [0, 0.1) is 0 Å². The Morgan fingerprint density at radius 3 is 2.75 bits per heavy atom. The minimum Gasteiger partial charge on any atom is -0.380 e. The number of benzene rings is 1. The Bertz CT molecular complexity index is 455. The number of hydrogen-bond donors (Lipinski definition) is 0. The van der Waals surface area contributed by atoms with E-state index in [0.717, 1.165) is 31.6 Å². The molecule has 1 aromatic rings. The number of nitrogens with zero attached hydrogens (tertiary/aromatic N) is 1. The summed E-state index contributed by atoms with van der Waals surface area (Å²) in [6.07, 6.45) is 3.63. The lowest BCUT2D eigenvalue weighted by Crippen LogP contribution is -2.25. The van der Waals surface area contributed by atoms with Gasteiger partial charge in [0.15, 0.2) is 0 Å². The van der Waals surface area contributed by atoms with Crippen molar-refractivity contribution in [2.24, 2.45) is 4.99 Å². The van der Waals surface area contributed by atoms with Gasteiger partial charge in [0.2, 0.25) is 6.08 Å². The Kier molecular flexibility index (Phi) is 2.16. The van der Waals surface area contributed by atoms with Crippen molar-refractivity contribution < 1.29 is 9.53 Å². The topological polar surface area (TPSA) is 38.7 Å². The number of hydrogen-bond acceptors (Lipinski definition) is 3. The minimum atomic E-state index is -0.248. The molecule has 0 spiro atoms. The fraction of sp³-hybridized carbons (Fsp3) is 0.462. The molecule has 1 saturated heterocycles. The van der Waals surface area contributed by atoms with E-state index in [1.165, 1.54) is 5.56 Å². The quantitative estimate of drug-likeness (QED) is 0.572. The van der Waals surface area contributed by atoms with Crippen LogP contribution in [0.5, 0.6) is 0 Å². The van der Waals surface area contributed by atoms with Gasteiger partial charge in [0.05, 0.1) is 18.8 Å². The maximum atomic E-state index is 10.4. The molecule has 82 valence electrons. The third kappa shape index (κ3) is 1.49. The minimum absolute atomic E-state index is 0.248. The van der Waals surface area contributed by atoms with E-state index in [2.05, 4.69) is 23.2 Å².